The third kappa shape index (κ3) is 2.91. The molecule has 106 valence electrons. The summed E-state index contributed by atoms with van der Waals surface area (Å²) in [6.45, 7) is 3.69. The summed E-state index contributed by atoms with van der Waals surface area (Å²) in [7, 11) is 1.61. The number of thiazole rings is 1. The minimum atomic E-state index is -0.171. The summed E-state index contributed by atoms with van der Waals surface area (Å²) >= 11 is 1.19. The zero-order valence-electron chi connectivity index (χ0n) is 11.6. The molecule has 1 atom stereocenters. The van der Waals surface area contributed by atoms with E-state index in [9.17, 15) is 4.79 Å². The molecule has 20 heavy (non-hydrogen) atoms. The van der Waals surface area contributed by atoms with Gasteiger partial charge in [0.15, 0.2) is 5.13 Å². The molecule has 6 heteroatoms. The van der Waals surface area contributed by atoms with Crippen molar-refractivity contribution in [3.8, 4) is 5.75 Å². The average Bonchev–Trinajstić information content (AvgIpc) is 2.77. The first-order chi connectivity index (χ1) is 9.52. The molecule has 0 bridgehead atoms. The number of ether oxygens (including phenoxy) is 1. The summed E-state index contributed by atoms with van der Waals surface area (Å²) in [5.41, 5.74) is 7.19. The monoisotopic (exact) mass is 291 g/mol. The first kappa shape index (κ1) is 14.3. The maximum Gasteiger partial charge on any atom is 0.263 e. The van der Waals surface area contributed by atoms with E-state index in [4.69, 9.17) is 10.5 Å². The molecule has 1 unspecified atom stereocenters. The van der Waals surface area contributed by atoms with Crippen LogP contribution in [0, 0.1) is 6.92 Å². The number of nitrogen functional groups attached to an aromatic ring is 1. The number of rotatable bonds is 4. The van der Waals surface area contributed by atoms with Gasteiger partial charge in [-0.25, -0.2) is 4.98 Å². The van der Waals surface area contributed by atoms with E-state index in [1.807, 2.05) is 31.2 Å². The molecule has 0 aliphatic rings. The van der Waals surface area contributed by atoms with Gasteiger partial charge < -0.3 is 15.8 Å². The maximum absolute atomic E-state index is 12.2. The topological polar surface area (TPSA) is 77.2 Å². The smallest absolute Gasteiger partial charge is 0.263 e. The Morgan fingerprint density at radius 1 is 1.45 bits per heavy atom. The quantitative estimate of drug-likeness (QED) is 0.907. The second-order valence-corrected chi connectivity index (χ2v) is 5.43. The van der Waals surface area contributed by atoms with Gasteiger partial charge in [-0.2, -0.15) is 0 Å². The lowest BCUT2D eigenvalue weighted by Gasteiger charge is -2.16. The highest BCUT2D eigenvalue weighted by atomic mass is 32.1. The number of aryl methyl sites for hydroxylation is 1. The van der Waals surface area contributed by atoms with Gasteiger partial charge in [-0.1, -0.05) is 29.5 Å². The molecule has 1 aromatic heterocycles. The predicted octanol–water partition coefficient (Wildman–Crippen LogP) is 2.53. The van der Waals surface area contributed by atoms with E-state index in [-0.39, 0.29) is 11.9 Å². The summed E-state index contributed by atoms with van der Waals surface area (Å²) in [6.07, 6.45) is 0. The highest BCUT2D eigenvalue weighted by molar-refractivity contribution is 7.17. The minimum absolute atomic E-state index is 0.165. The summed E-state index contributed by atoms with van der Waals surface area (Å²) in [6, 6.07) is 7.44. The Hall–Kier alpha value is -2.08. The molecule has 2 rings (SSSR count). The summed E-state index contributed by atoms with van der Waals surface area (Å²) in [5.74, 6) is 0.580. The lowest BCUT2D eigenvalue weighted by atomic mass is 10.1. The highest BCUT2D eigenvalue weighted by Gasteiger charge is 2.18. The number of carbonyl (C=O) groups is 1. The number of nitrogens with one attached hydrogen (secondary N) is 1. The fraction of sp³-hybridized carbons (Fsp3) is 0.286. The number of nitrogens with zero attached hydrogens (tertiary/aromatic N) is 1. The Kier molecular flexibility index (Phi) is 4.24. The van der Waals surface area contributed by atoms with Crippen LogP contribution in [-0.2, 0) is 0 Å². The predicted molar refractivity (Wildman–Crippen MR) is 80.1 cm³/mol. The Bertz CT molecular complexity index is 625. The number of methoxy groups -OCH3 is 1. The second-order valence-electron chi connectivity index (χ2n) is 4.40. The Labute approximate surface area is 121 Å². The van der Waals surface area contributed by atoms with E-state index >= 15 is 0 Å². The normalized spacial score (nSPS) is 11.9. The second kappa shape index (κ2) is 5.92. The third-order valence-electron chi connectivity index (χ3n) is 2.97. The van der Waals surface area contributed by atoms with E-state index in [0.717, 1.165) is 11.3 Å². The molecule has 3 N–H and O–H groups in total. The van der Waals surface area contributed by atoms with E-state index in [0.29, 0.717) is 15.7 Å². The molecular weight excluding hydrogens is 274 g/mol. The number of benzene rings is 1. The van der Waals surface area contributed by atoms with E-state index < -0.39 is 0 Å². The first-order valence-corrected chi connectivity index (χ1v) is 7.01. The molecular formula is C14H17N3O2S. The average molecular weight is 291 g/mol. The first-order valence-electron chi connectivity index (χ1n) is 6.19. The molecule has 5 nitrogen and oxygen atoms in total. The van der Waals surface area contributed by atoms with Gasteiger partial charge in [0.1, 0.15) is 10.6 Å². The van der Waals surface area contributed by atoms with Crippen molar-refractivity contribution in [2.75, 3.05) is 12.8 Å². The Balaban J connectivity index is 2.17. The molecule has 1 amide bonds. The number of anilines is 1. The van der Waals surface area contributed by atoms with E-state index in [2.05, 4.69) is 10.3 Å². The summed E-state index contributed by atoms with van der Waals surface area (Å²) in [4.78, 5) is 16.8. The third-order valence-corrected chi connectivity index (χ3v) is 3.96. The number of nitrogens with two attached hydrogens (primary N) is 1. The Morgan fingerprint density at radius 2 is 2.15 bits per heavy atom. The number of para-hydroxylation sites is 1. The van der Waals surface area contributed by atoms with Crippen molar-refractivity contribution in [3.63, 3.8) is 0 Å². The molecule has 2 aromatic rings. The van der Waals surface area contributed by atoms with Gasteiger partial charge in [0, 0.05) is 5.56 Å². The molecule has 0 radical (unpaired) electrons. The van der Waals surface area contributed by atoms with Crippen molar-refractivity contribution in [3.05, 3.63) is 40.4 Å². The molecule has 0 fully saturated rings. The van der Waals surface area contributed by atoms with Crippen LogP contribution in [0.15, 0.2) is 24.3 Å². The van der Waals surface area contributed by atoms with Crippen molar-refractivity contribution in [1.29, 1.82) is 0 Å². The fourth-order valence-corrected chi connectivity index (χ4v) is 2.73. The van der Waals surface area contributed by atoms with Crippen LogP contribution < -0.4 is 15.8 Å². The lowest BCUT2D eigenvalue weighted by Crippen LogP contribution is -2.26. The molecule has 0 saturated carbocycles. The molecule has 1 heterocycles. The lowest BCUT2D eigenvalue weighted by molar-refractivity contribution is 0.0943. The highest BCUT2D eigenvalue weighted by Crippen LogP contribution is 2.26. The number of hydrogen-bond donors (Lipinski definition) is 2. The molecule has 0 saturated heterocycles. The van der Waals surface area contributed by atoms with Crippen LogP contribution >= 0.6 is 11.3 Å². The number of carbonyl (C=O) groups excluding carboxylic acids is 1. The van der Waals surface area contributed by atoms with Gasteiger partial charge in [-0.05, 0) is 19.9 Å². The van der Waals surface area contributed by atoms with Gasteiger partial charge in [0.25, 0.3) is 5.91 Å². The molecule has 1 aromatic carbocycles. The summed E-state index contributed by atoms with van der Waals surface area (Å²) in [5, 5.41) is 3.34. The van der Waals surface area contributed by atoms with Crippen molar-refractivity contribution in [2.45, 2.75) is 19.9 Å². The molecule has 0 aliphatic carbocycles. The van der Waals surface area contributed by atoms with Crippen molar-refractivity contribution >= 4 is 22.4 Å². The van der Waals surface area contributed by atoms with Gasteiger partial charge in [-0.3, -0.25) is 4.79 Å². The fourth-order valence-electron chi connectivity index (χ4n) is 1.99. The van der Waals surface area contributed by atoms with Gasteiger partial charge >= 0.3 is 0 Å². The number of amides is 1. The minimum Gasteiger partial charge on any atom is -0.496 e. The van der Waals surface area contributed by atoms with E-state index in [1.54, 1.807) is 14.0 Å². The van der Waals surface area contributed by atoms with Crippen molar-refractivity contribution in [2.24, 2.45) is 0 Å². The molecule has 0 aliphatic heterocycles. The van der Waals surface area contributed by atoms with Crippen LogP contribution in [0.2, 0.25) is 0 Å². The standard InChI is InChI=1S/C14H17N3O2S/c1-8(10-6-4-5-7-11(10)19-3)16-13(18)12-9(2)17-14(15)20-12/h4-8H,1-3H3,(H2,15,17)(H,16,18). The van der Waals surface area contributed by atoms with Crippen LogP contribution in [0.25, 0.3) is 0 Å². The van der Waals surface area contributed by atoms with Crippen LogP contribution in [0.3, 0.4) is 0 Å². The van der Waals surface area contributed by atoms with Crippen molar-refractivity contribution < 1.29 is 9.53 Å². The zero-order valence-corrected chi connectivity index (χ0v) is 12.5. The van der Waals surface area contributed by atoms with Crippen LogP contribution in [0.1, 0.15) is 33.9 Å². The van der Waals surface area contributed by atoms with Crippen LogP contribution in [-0.4, -0.2) is 18.0 Å². The van der Waals surface area contributed by atoms with Crippen LogP contribution in [0.5, 0.6) is 5.75 Å². The zero-order chi connectivity index (χ0) is 14.7. The Morgan fingerprint density at radius 3 is 2.75 bits per heavy atom. The SMILES string of the molecule is COc1ccccc1C(C)NC(=O)c1sc(N)nc1C. The largest absolute Gasteiger partial charge is 0.496 e. The van der Waals surface area contributed by atoms with Gasteiger partial charge in [-0.15, -0.1) is 0 Å². The number of hydrogen-bond acceptors (Lipinski definition) is 5. The molecule has 0 spiro atoms. The van der Waals surface area contributed by atoms with Gasteiger partial charge in [0.2, 0.25) is 0 Å². The maximum atomic E-state index is 12.2. The van der Waals surface area contributed by atoms with Crippen LogP contribution in [0.4, 0.5) is 5.13 Å². The van der Waals surface area contributed by atoms with E-state index in [1.165, 1.54) is 11.3 Å². The van der Waals surface area contributed by atoms with Gasteiger partial charge in [0.05, 0.1) is 18.8 Å². The van der Waals surface area contributed by atoms with Crippen molar-refractivity contribution in [1.82, 2.24) is 10.3 Å². The summed E-state index contributed by atoms with van der Waals surface area (Å²) < 4.78 is 5.30. The number of aromatic nitrogens is 1.